The number of fused-ring (bicyclic) bond motifs is 1. The molecular weight excluding hydrogens is 459 g/mol. The number of carbonyl (C=O) groups is 1. The van der Waals surface area contributed by atoms with Crippen LogP contribution in [-0.4, -0.2) is 55.4 Å². The summed E-state index contributed by atoms with van der Waals surface area (Å²) < 4.78 is 49.3. The van der Waals surface area contributed by atoms with Gasteiger partial charge in [0.05, 0.1) is 17.6 Å². The number of sulfone groups is 1. The van der Waals surface area contributed by atoms with Gasteiger partial charge in [-0.2, -0.15) is 0 Å². The molecule has 1 aromatic heterocycles. The van der Waals surface area contributed by atoms with Gasteiger partial charge < -0.3 is 14.4 Å². The van der Waals surface area contributed by atoms with Gasteiger partial charge in [0.1, 0.15) is 23.3 Å². The first-order chi connectivity index (χ1) is 15.9. The predicted octanol–water partition coefficient (Wildman–Crippen LogP) is 4.38. The first kappa shape index (κ1) is 24.4. The van der Waals surface area contributed by atoms with Crippen LogP contribution < -0.4 is 4.74 Å². The Bertz CT molecular complexity index is 1180. The third kappa shape index (κ3) is 5.87. The molecule has 2 aliphatic rings. The van der Waals surface area contributed by atoms with Gasteiger partial charge >= 0.3 is 6.09 Å². The fourth-order valence-electron chi connectivity index (χ4n) is 4.52. The van der Waals surface area contributed by atoms with E-state index in [0.29, 0.717) is 48.0 Å². The average Bonchev–Trinajstić information content (AvgIpc) is 3.15. The molecule has 184 valence electrons. The molecular formula is C25H31FN2O5S. The number of hydrogen-bond donors (Lipinski definition) is 0. The minimum Gasteiger partial charge on any atom is -0.488 e. The summed E-state index contributed by atoms with van der Waals surface area (Å²) in [6, 6.07) is 6.29. The standard InChI is InChI=1S/C25H31FN2O5S/c1-25(2,3)33-24(29)28-9-7-17(8-10-28)22-13-18-12-21(27-14-23(18)32-22)19-6-5-16(11-20(19)26)15-34(4,30)31/h5-6,11-12,14,17,22H,7-10,13,15H2,1-4H3. The molecule has 2 aromatic rings. The van der Waals surface area contributed by atoms with Gasteiger partial charge in [-0.15, -0.1) is 0 Å². The van der Waals surface area contributed by atoms with Crippen LogP contribution in [0.4, 0.5) is 9.18 Å². The number of pyridine rings is 1. The van der Waals surface area contributed by atoms with Crippen molar-refractivity contribution in [3.8, 4) is 17.0 Å². The molecule has 4 rings (SSSR count). The van der Waals surface area contributed by atoms with Gasteiger partial charge in [0.15, 0.2) is 9.84 Å². The first-order valence-electron chi connectivity index (χ1n) is 11.5. The number of likely N-dealkylation sites (tertiary alicyclic amines) is 1. The number of aromatic nitrogens is 1. The van der Waals surface area contributed by atoms with Crippen LogP contribution in [0.5, 0.6) is 5.75 Å². The van der Waals surface area contributed by atoms with E-state index in [4.69, 9.17) is 9.47 Å². The van der Waals surface area contributed by atoms with Gasteiger partial charge in [0.25, 0.3) is 0 Å². The second-order valence-electron chi connectivity index (χ2n) is 10.2. The molecule has 0 aliphatic carbocycles. The van der Waals surface area contributed by atoms with E-state index in [1.54, 1.807) is 23.2 Å². The van der Waals surface area contributed by atoms with Crippen molar-refractivity contribution in [2.75, 3.05) is 19.3 Å². The van der Waals surface area contributed by atoms with E-state index in [9.17, 15) is 17.6 Å². The molecule has 0 saturated carbocycles. The Hall–Kier alpha value is -2.68. The smallest absolute Gasteiger partial charge is 0.410 e. The van der Waals surface area contributed by atoms with E-state index in [1.807, 2.05) is 26.8 Å². The molecule has 0 radical (unpaired) electrons. The van der Waals surface area contributed by atoms with Crippen LogP contribution in [0.25, 0.3) is 11.3 Å². The van der Waals surface area contributed by atoms with Gasteiger partial charge in [-0.05, 0) is 63.3 Å². The topological polar surface area (TPSA) is 85.8 Å². The first-order valence-corrected chi connectivity index (χ1v) is 13.5. The van der Waals surface area contributed by atoms with E-state index < -0.39 is 21.3 Å². The number of benzene rings is 1. The zero-order valence-corrected chi connectivity index (χ0v) is 20.8. The molecule has 1 aromatic carbocycles. The number of hydrogen-bond acceptors (Lipinski definition) is 6. The molecule has 0 N–H and O–H groups in total. The molecule has 1 saturated heterocycles. The van der Waals surface area contributed by atoms with Crippen molar-refractivity contribution in [2.24, 2.45) is 5.92 Å². The highest BCUT2D eigenvalue weighted by Crippen LogP contribution is 2.37. The van der Waals surface area contributed by atoms with Crippen molar-refractivity contribution in [1.29, 1.82) is 0 Å². The number of halogens is 1. The van der Waals surface area contributed by atoms with E-state index in [-0.39, 0.29) is 18.0 Å². The van der Waals surface area contributed by atoms with E-state index in [2.05, 4.69) is 4.98 Å². The zero-order chi connectivity index (χ0) is 24.7. The van der Waals surface area contributed by atoms with E-state index in [1.165, 1.54) is 6.07 Å². The lowest BCUT2D eigenvalue weighted by Crippen LogP contribution is -2.44. The molecule has 0 spiro atoms. The Kier molecular flexibility index (Phi) is 6.59. The molecule has 9 heteroatoms. The molecule has 1 amide bonds. The SMILES string of the molecule is CC(C)(C)OC(=O)N1CCC(C2Cc3cc(-c4ccc(CS(C)(=O)=O)cc4F)ncc3O2)CC1. The second-order valence-corrected chi connectivity index (χ2v) is 12.4. The second kappa shape index (κ2) is 9.17. The summed E-state index contributed by atoms with van der Waals surface area (Å²) in [6.07, 6.45) is 4.83. The lowest BCUT2D eigenvalue weighted by atomic mass is 9.89. The van der Waals surface area contributed by atoms with E-state index in [0.717, 1.165) is 24.7 Å². The maximum absolute atomic E-state index is 14.7. The summed E-state index contributed by atoms with van der Waals surface area (Å²) in [6.45, 7) is 6.84. The molecule has 2 aliphatic heterocycles. The van der Waals surface area contributed by atoms with E-state index >= 15 is 0 Å². The Morgan fingerprint density at radius 2 is 1.94 bits per heavy atom. The molecule has 34 heavy (non-hydrogen) atoms. The lowest BCUT2D eigenvalue weighted by Gasteiger charge is -2.35. The van der Waals surface area contributed by atoms with Crippen molar-refractivity contribution < 1.29 is 27.1 Å². The molecule has 1 unspecified atom stereocenters. The minimum atomic E-state index is -3.24. The lowest BCUT2D eigenvalue weighted by molar-refractivity contribution is 0.0123. The number of amides is 1. The highest BCUT2D eigenvalue weighted by atomic mass is 32.2. The summed E-state index contributed by atoms with van der Waals surface area (Å²) in [5.74, 6) is 0.307. The largest absolute Gasteiger partial charge is 0.488 e. The van der Waals surface area contributed by atoms with Crippen LogP contribution in [0, 0.1) is 11.7 Å². The monoisotopic (exact) mass is 490 g/mol. The molecule has 7 nitrogen and oxygen atoms in total. The molecule has 3 heterocycles. The summed E-state index contributed by atoms with van der Waals surface area (Å²) >= 11 is 0. The number of rotatable bonds is 4. The van der Waals surface area contributed by atoms with Crippen molar-refractivity contribution in [2.45, 2.75) is 57.5 Å². The van der Waals surface area contributed by atoms with Crippen LogP contribution in [0.3, 0.4) is 0 Å². The third-order valence-corrected chi connectivity index (χ3v) is 6.96. The Labute approximate surface area is 200 Å². The maximum atomic E-state index is 14.7. The van der Waals surface area contributed by atoms with Crippen LogP contribution in [0.2, 0.25) is 0 Å². The quantitative estimate of drug-likeness (QED) is 0.632. The highest BCUT2D eigenvalue weighted by Gasteiger charge is 2.35. The molecule has 1 fully saturated rings. The van der Waals surface area contributed by atoms with Crippen molar-refractivity contribution in [1.82, 2.24) is 9.88 Å². The zero-order valence-electron chi connectivity index (χ0n) is 20.0. The Morgan fingerprint density at radius 3 is 2.56 bits per heavy atom. The van der Waals surface area contributed by atoms with Gasteiger partial charge in [0, 0.05) is 36.9 Å². The van der Waals surface area contributed by atoms with Crippen molar-refractivity contribution in [3.05, 3.63) is 47.4 Å². The van der Waals surface area contributed by atoms with Gasteiger partial charge in [-0.3, -0.25) is 4.98 Å². The number of carbonyl (C=O) groups excluding carboxylic acids is 1. The highest BCUT2D eigenvalue weighted by molar-refractivity contribution is 7.89. The number of nitrogens with zero attached hydrogens (tertiary/aromatic N) is 2. The summed E-state index contributed by atoms with van der Waals surface area (Å²) in [4.78, 5) is 18.4. The van der Waals surface area contributed by atoms with Gasteiger partial charge in [-0.25, -0.2) is 17.6 Å². The van der Waals surface area contributed by atoms with Crippen LogP contribution in [-0.2, 0) is 26.7 Å². The molecule has 1 atom stereocenters. The normalized spacial score (nSPS) is 19.0. The summed E-state index contributed by atoms with van der Waals surface area (Å²) in [7, 11) is -3.24. The minimum absolute atomic E-state index is 0.00480. The van der Waals surface area contributed by atoms with Gasteiger partial charge in [-0.1, -0.05) is 6.07 Å². The predicted molar refractivity (Wildman–Crippen MR) is 127 cm³/mol. The number of ether oxygens (including phenoxy) is 2. The van der Waals surface area contributed by atoms with Crippen molar-refractivity contribution >= 4 is 15.9 Å². The third-order valence-electron chi connectivity index (χ3n) is 6.10. The average molecular weight is 491 g/mol. The van der Waals surface area contributed by atoms with Crippen LogP contribution in [0.15, 0.2) is 30.5 Å². The van der Waals surface area contributed by atoms with Gasteiger partial charge in [0.2, 0.25) is 0 Å². The summed E-state index contributed by atoms with van der Waals surface area (Å²) in [5.41, 5.74) is 1.69. The summed E-state index contributed by atoms with van der Waals surface area (Å²) in [5, 5.41) is 0. The van der Waals surface area contributed by atoms with Crippen LogP contribution in [0.1, 0.15) is 44.7 Å². The maximum Gasteiger partial charge on any atom is 0.410 e. The fourth-order valence-corrected chi connectivity index (χ4v) is 5.31. The van der Waals surface area contributed by atoms with Crippen LogP contribution >= 0.6 is 0 Å². The van der Waals surface area contributed by atoms with Crippen molar-refractivity contribution in [3.63, 3.8) is 0 Å². The Balaban J connectivity index is 1.40. The number of piperidine rings is 1. The molecule has 0 bridgehead atoms. The Morgan fingerprint density at radius 1 is 1.24 bits per heavy atom. The fraction of sp³-hybridized carbons (Fsp3) is 0.520.